The Morgan fingerprint density at radius 2 is 1.70 bits per heavy atom. The molecule has 0 N–H and O–H groups in total. The number of aryl methyl sites for hydroxylation is 1. The Morgan fingerprint density at radius 1 is 0.848 bits per heavy atom. The maximum atomic E-state index is 4.67. The van der Waals surface area contributed by atoms with E-state index in [2.05, 4.69) is 67.7 Å². The van der Waals surface area contributed by atoms with Crippen molar-refractivity contribution < 1.29 is 0 Å². The van der Waals surface area contributed by atoms with Crippen molar-refractivity contribution in [1.29, 1.82) is 0 Å². The fraction of sp³-hybridized carbons (Fsp3) is 0.231. The van der Waals surface area contributed by atoms with Crippen LogP contribution in [0.1, 0.15) is 29.0 Å². The zero-order valence-electron chi connectivity index (χ0n) is 18.5. The van der Waals surface area contributed by atoms with E-state index in [0.717, 1.165) is 54.1 Å². The van der Waals surface area contributed by atoms with E-state index in [0.29, 0.717) is 5.92 Å². The van der Waals surface area contributed by atoms with Crippen LogP contribution in [-0.4, -0.2) is 42.5 Å². The summed E-state index contributed by atoms with van der Waals surface area (Å²) in [5.41, 5.74) is 7.06. The molecule has 0 radical (unpaired) electrons. The molecule has 164 valence electrons. The van der Waals surface area contributed by atoms with Gasteiger partial charge in [0, 0.05) is 74.0 Å². The molecule has 33 heavy (non-hydrogen) atoms. The lowest BCUT2D eigenvalue weighted by molar-refractivity contribution is 0.768. The van der Waals surface area contributed by atoms with Crippen LogP contribution in [0.3, 0.4) is 0 Å². The van der Waals surface area contributed by atoms with E-state index >= 15 is 0 Å². The van der Waals surface area contributed by atoms with E-state index in [1.54, 1.807) is 0 Å². The van der Waals surface area contributed by atoms with Gasteiger partial charge in [-0.3, -0.25) is 4.68 Å². The lowest BCUT2D eigenvalue weighted by Crippen LogP contribution is -2.21. The SMILES string of the molecule is Cn1cc(-c2ccc3c(C4CCN(c5ncc(Cc6ccccc6)cn5)C4)cnn3c2)cn1. The molecule has 0 aliphatic carbocycles. The maximum absolute atomic E-state index is 4.67. The summed E-state index contributed by atoms with van der Waals surface area (Å²) in [6.45, 7) is 1.86. The summed E-state index contributed by atoms with van der Waals surface area (Å²) in [7, 11) is 1.93. The number of anilines is 1. The zero-order chi connectivity index (χ0) is 22.2. The first-order valence-electron chi connectivity index (χ1n) is 11.3. The third-order valence-corrected chi connectivity index (χ3v) is 6.44. The van der Waals surface area contributed by atoms with E-state index < -0.39 is 0 Å². The Balaban J connectivity index is 1.17. The predicted molar refractivity (Wildman–Crippen MR) is 128 cm³/mol. The molecule has 5 aromatic rings. The molecule has 0 amide bonds. The molecule has 7 nitrogen and oxygen atoms in total. The van der Waals surface area contributed by atoms with E-state index in [9.17, 15) is 0 Å². The highest BCUT2D eigenvalue weighted by Crippen LogP contribution is 2.32. The zero-order valence-corrected chi connectivity index (χ0v) is 18.5. The fourth-order valence-corrected chi connectivity index (χ4v) is 4.69. The van der Waals surface area contributed by atoms with E-state index in [4.69, 9.17) is 0 Å². The van der Waals surface area contributed by atoms with Crippen molar-refractivity contribution in [3.8, 4) is 11.1 Å². The molecule has 1 saturated heterocycles. The molecule has 7 heteroatoms. The standard InChI is InChI=1S/C26H25N7/c1-31-16-23(14-29-31)21-7-8-25-24(15-30-33(25)18-21)22-9-10-32(17-22)26-27-12-20(13-28-26)11-19-5-3-2-4-6-19/h2-8,12-16,18,22H,9-11,17H2,1H3. The first-order valence-corrected chi connectivity index (χ1v) is 11.3. The molecule has 5 heterocycles. The van der Waals surface area contributed by atoms with Gasteiger partial charge in [-0.25, -0.2) is 14.5 Å². The van der Waals surface area contributed by atoms with Crippen LogP contribution in [0, 0.1) is 0 Å². The molecule has 0 bridgehead atoms. The second-order valence-corrected chi connectivity index (χ2v) is 8.74. The van der Waals surface area contributed by atoms with Crippen LogP contribution in [0.5, 0.6) is 0 Å². The Morgan fingerprint density at radius 3 is 2.48 bits per heavy atom. The second-order valence-electron chi connectivity index (χ2n) is 8.74. The lowest BCUT2D eigenvalue weighted by Gasteiger charge is -2.16. The summed E-state index contributed by atoms with van der Waals surface area (Å²) in [5.74, 6) is 1.23. The molecular weight excluding hydrogens is 410 g/mol. The van der Waals surface area contributed by atoms with Crippen molar-refractivity contribution in [2.75, 3.05) is 18.0 Å². The van der Waals surface area contributed by atoms with Crippen molar-refractivity contribution >= 4 is 11.5 Å². The van der Waals surface area contributed by atoms with Gasteiger partial charge in [-0.15, -0.1) is 0 Å². The van der Waals surface area contributed by atoms with Gasteiger partial charge in [0.15, 0.2) is 0 Å². The van der Waals surface area contributed by atoms with Gasteiger partial charge in [0.2, 0.25) is 5.95 Å². The van der Waals surface area contributed by atoms with Crippen LogP contribution in [0.2, 0.25) is 0 Å². The van der Waals surface area contributed by atoms with E-state index in [-0.39, 0.29) is 0 Å². The van der Waals surface area contributed by atoms with Crippen molar-refractivity contribution in [3.63, 3.8) is 0 Å². The van der Waals surface area contributed by atoms with E-state index in [1.807, 2.05) is 53.3 Å². The van der Waals surface area contributed by atoms with Gasteiger partial charge in [0.1, 0.15) is 0 Å². The smallest absolute Gasteiger partial charge is 0.225 e. The Labute approximate surface area is 192 Å². The van der Waals surface area contributed by atoms with Gasteiger partial charge >= 0.3 is 0 Å². The number of pyridine rings is 1. The van der Waals surface area contributed by atoms with Crippen molar-refractivity contribution in [1.82, 2.24) is 29.4 Å². The largest absolute Gasteiger partial charge is 0.340 e. The summed E-state index contributed by atoms with van der Waals surface area (Å²) in [5, 5.41) is 8.92. The van der Waals surface area contributed by atoms with Crippen LogP contribution in [0.25, 0.3) is 16.6 Å². The number of rotatable bonds is 5. The van der Waals surface area contributed by atoms with Gasteiger partial charge in [-0.1, -0.05) is 36.4 Å². The molecule has 0 spiro atoms. The van der Waals surface area contributed by atoms with Gasteiger partial charge in [-0.2, -0.15) is 10.2 Å². The normalized spacial score (nSPS) is 16.0. The van der Waals surface area contributed by atoms with Gasteiger partial charge < -0.3 is 4.90 Å². The minimum Gasteiger partial charge on any atom is -0.340 e. The molecule has 1 atom stereocenters. The van der Waals surface area contributed by atoms with Gasteiger partial charge in [0.25, 0.3) is 0 Å². The Hall–Kier alpha value is -4.00. The Kier molecular flexibility index (Phi) is 4.87. The first kappa shape index (κ1) is 19.7. The molecule has 1 aliphatic heterocycles. The third kappa shape index (κ3) is 3.86. The van der Waals surface area contributed by atoms with Crippen molar-refractivity contribution in [2.45, 2.75) is 18.8 Å². The number of fused-ring (bicyclic) bond motifs is 1. The molecule has 1 aliphatic rings. The van der Waals surface area contributed by atoms with Crippen LogP contribution in [0.4, 0.5) is 5.95 Å². The van der Waals surface area contributed by atoms with Gasteiger partial charge in [-0.05, 0) is 23.6 Å². The van der Waals surface area contributed by atoms with Crippen molar-refractivity contribution in [3.05, 3.63) is 96.3 Å². The minimum atomic E-state index is 0.416. The summed E-state index contributed by atoms with van der Waals surface area (Å²) in [6.07, 6.45) is 13.8. The molecular formula is C26H25N7. The lowest BCUT2D eigenvalue weighted by atomic mass is 9.99. The first-order chi connectivity index (χ1) is 16.2. The average molecular weight is 436 g/mol. The van der Waals surface area contributed by atoms with Crippen LogP contribution >= 0.6 is 0 Å². The number of hydrogen-bond acceptors (Lipinski definition) is 5. The molecule has 1 unspecified atom stereocenters. The predicted octanol–water partition coefficient (Wildman–Crippen LogP) is 4.11. The summed E-state index contributed by atoms with van der Waals surface area (Å²) in [4.78, 5) is 11.6. The Bertz CT molecular complexity index is 1390. The van der Waals surface area contributed by atoms with E-state index in [1.165, 1.54) is 11.1 Å². The third-order valence-electron chi connectivity index (χ3n) is 6.44. The average Bonchev–Trinajstić information content (AvgIpc) is 3.59. The molecule has 4 aromatic heterocycles. The van der Waals surface area contributed by atoms with Crippen LogP contribution in [0.15, 0.2) is 79.6 Å². The molecule has 1 aromatic carbocycles. The highest BCUT2D eigenvalue weighted by Gasteiger charge is 2.28. The number of benzene rings is 1. The minimum absolute atomic E-state index is 0.416. The summed E-state index contributed by atoms with van der Waals surface area (Å²) >= 11 is 0. The molecule has 1 fully saturated rings. The summed E-state index contributed by atoms with van der Waals surface area (Å²) in [6, 6.07) is 14.8. The topological polar surface area (TPSA) is 64.1 Å². The van der Waals surface area contributed by atoms with Gasteiger partial charge in [0.05, 0.1) is 17.9 Å². The molecule has 6 rings (SSSR count). The van der Waals surface area contributed by atoms with Crippen LogP contribution in [-0.2, 0) is 13.5 Å². The number of aromatic nitrogens is 6. The molecule has 0 saturated carbocycles. The van der Waals surface area contributed by atoms with Crippen LogP contribution < -0.4 is 4.90 Å². The number of hydrogen-bond donors (Lipinski definition) is 0. The highest BCUT2D eigenvalue weighted by atomic mass is 15.3. The highest BCUT2D eigenvalue weighted by molar-refractivity contribution is 5.66. The monoisotopic (exact) mass is 435 g/mol. The van der Waals surface area contributed by atoms with Crippen molar-refractivity contribution in [2.24, 2.45) is 7.05 Å². The number of nitrogens with zero attached hydrogens (tertiary/aromatic N) is 7. The quantitative estimate of drug-likeness (QED) is 0.416. The fourth-order valence-electron chi connectivity index (χ4n) is 4.69. The summed E-state index contributed by atoms with van der Waals surface area (Å²) < 4.78 is 3.80. The second kappa shape index (κ2) is 8.16. The maximum Gasteiger partial charge on any atom is 0.225 e.